The van der Waals surface area contributed by atoms with Gasteiger partial charge in [0.15, 0.2) is 16.6 Å². The number of hydrogen-bond donors (Lipinski definition) is 1. The number of aliphatic hydroxyl groups excluding tert-OH is 1. The van der Waals surface area contributed by atoms with Gasteiger partial charge < -0.3 is 19.3 Å². The molecule has 0 radical (unpaired) electrons. The van der Waals surface area contributed by atoms with Gasteiger partial charge in [-0.15, -0.1) is 0 Å². The Labute approximate surface area is 221 Å². The first-order chi connectivity index (χ1) is 18.4. The Morgan fingerprint density at radius 1 is 1.05 bits per heavy atom. The summed E-state index contributed by atoms with van der Waals surface area (Å²) in [6, 6.07) is 14.7. The van der Waals surface area contributed by atoms with Crippen LogP contribution in [0.1, 0.15) is 24.1 Å². The largest absolute Gasteiger partial charge is 0.507 e. The van der Waals surface area contributed by atoms with Crippen LogP contribution in [0.15, 0.2) is 66.2 Å². The Bertz CT molecular complexity index is 1600. The molecule has 38 heavy (non-hydrogen) atoms. The van der Waals surface area contributed by atoms with E-state index in [0.29, 0.717) is 45.2 Å². The number of halogens is 1. The van der Waals surface area contributed by atoms with Crippen molar-refractivity contribution in [3.05, 3.63) is 83.2 Å². The molecule has 1 unspecified atom stereocenters. The van der Waals surface area contributed by atoms with E-state index in [4.69, 9.17) is 14.2 Å². The van der Waals surface area contributed by atoms with E-state index in [9.17, 15) is 19.1 Å². The molecule has 2 heterocycles. The molecule has 1 aliphatic heterocycles. The molecule has 0 bridgehead atoms. The fourth-order valence-electron chi connectivity index (χ4n) is 4.41. The molecule has 1 amide bonds. The van der Waals surface area contributed by atoms with Crippen LogP contribution in [0, 0.1) is 5.82 Å². The number of carbonyl (C=O) groups is 2. The van der Waals surface area contributed by atoms with E-state index in [1.165, 1.54) is 37.3 Å². The third kappa shape index (κ3) is 4.32. The van der Waals surface area contributed by atoms with E-state index in [1.807, 2.05) is 6.92 Å². The van der Waals surface area contributed by atoms with Gasteiger partial charge in [0.1, 0.15) is 17.3 Å². The number of thiazole rings is 1. The van der Waals surface area contributed by atoms with Gasteiger partial charge in [0, 0.05) is 5.56 Å². The molecule has 3 aromatic carbocycles. The highest BCUT2D eigenvalue weighted by molar-refractivity contribution is 7.22. The summed E-state index contributed by atoms with van der Waals surface area (Å²) in [6.07, 6.45) is 0. The predicted molar refractivity (Wildman–Crippen MR) is 142 cm³/mol. The molecule has 0 spiro atoms. The first-order valence-electron chi connectivity index (χ1n) is 11.7. The molecule has 0 aliphatic carbocycles. The maximum Gasteiger partial charge on any atom is 0.301 e. The summed E-state index contributed by atoms with van der Waals surface area (Å²) in [4.78, 5) is 32.7. The summed E-state index contributed by atoms with van der Waals surface area (Å²) in [5.41, 5.74) is 1.14. The third-order valence-corrected chi connectivity index (χ3v) is 7.15. The number of ketones is 1. The van der Waals surface area contributed by atoms with Gasteiger partial charge in [0.25, 0.3) is 5.78 Å². The van der Waals surface area contributed by atoms with Crippen LogP contribution in [0.2, 0.25) is 0 Å². The molecule has 194 valence electrons. The van der Waals surface area contributed by atoms with E-state index in [0.717, 1.165) is 11.3 Å². The molecule has 1 fully saturated rings. The summed E-state index contributed by atoms with van der Waals surface area (Å²) in [7, 11) is 2.97. The number of aromatic nitrogens is 1. The molecule has 1 saturated heterocycles. The van der Waals surface area contributed by atoms with Crippen molar-refractivity contribution in [2.75, 3.05) is 25.7 Å². The van der Waals surface area contributed by atoms with Crippen LogP contribution >= 0.6 is 11.3 Å². The highest BCUT2D eigenvalue weighted by atomic mass is 32.1. The molecule has 1 N–H and O–H groups in total. The first kappa shape index (κ1) is 25.2. The lowest BCUT2D eigenvalue weighted by Gasteiger charge is -2.23. The average Bonchev–Trinajstić information content (AvgIpc) is 3.45. The Kier molecular flexibility index (Phi) is 6.73. The SMILES string of the molecule is CCOc1cccc(/C(O)=C2\C(=O)C(=O)N(c3nc4ccc(F)cc4s3)C2c2ccc(OC)c(OC)c2)c1. The molecule has 8 nitrogen and oxygen atoms in total. The van der Waals surface area contributed by atoms with E-state index < -0.39 is 23.5 Å². The zero-order valence-electron chi connectivity index (χ0n) is 20.7. The summed E-state index contributed by atoms with van der Waals surface area (Å²) >= 11 is 1.07. The van der Waals surface area contributed by atoms with Crippen LogP contribution < -0.4 is 19.1 Å². The van der Waals surface area contributed by atoms with Gasteiger partial charge in [0.2, 0.25) is 0 Å². The summed E-state index contributed by atoms with van der Waals surface area (Å²) in [5, 5.41) is 11.6. The molecule has 5 rings (SSSR count). The van der Waals surface area contributed by atoms with E-state index in [-0.39, 0.29) is 16.5 Å². The number of hydrogen-bond acceptors (Lipinski definition) is 8. The van der Waals surface area contributed by atoms with Crippen molar-refractivity contribution in [1.29, 1.82) is 0 Å². The zero-order valence-corrected chi connectivity index (χ0v) is 21.5. The Balaban J connectivity index is 1.73. The van der Waals surface area contributed by atoms with E-state index in [2.05, 4.69) is 4.98 Å². The average molecular weight is 535 g/mol. The molecule has 4 aromatic rings. The highest BCUT2D eigenvalue weighted by Gasteiger charge is 2.48. The second-order valence-electron chi connectivity index (χ2n) is 8.35. The van der Waals surface area contributed by atoms with Gasteiger partial charge >= 0.3 is 5.91 Å². The van der Waals surface area contributed by atoms with Gasteiger partial charge in [-0.2, -0.15) is 0 Å². The number of rotatable bonds is 7. The fourth-order valence-corrected chi connectivity index (χ4v) is 5.43. The Hall–Kier alpha value is -4.44. The maximum atomic E-state index is 13.9. The number of amides is 1. The topological polar surface area (TPSA) is 98.2 Å². The zero-order chi connectivity index (χ0) is 27.0. The minimum absolute atomic E-state index is 0.124. The lowest BCUT2D eigenvalue weighted by molar-refractivity contribution is -0.132. The van der Waals surface area contributed by atoms with Crippen LogP contribution in [-0.4, -0.2) is 42.6 Å². The molecular formula is C28H23FN2O6S. The lowest BCUT2D eigenvalue weighted by Crippen LogP contribution is -2.29. The highest BCUT2D eigenvalue weighted by Crippen LogP contribution is 2.46. The standard InChI is InChI=1S/C28H23FN2O6S/c1-4-37-18-7-5-6-16(12-18)25(32)23-24(15-8-11-20(35-2)21(13-15)36-3)31(27(34)26(23)33)28-30-19-10-9-17(29)14-22(19)38-28/h5-14,24,32H,4H2,1-3H3/b25-23+. The van der Waals surface area contributed by atoms with Crippen LogP contribution in [0.4, 0.5) is 9.52 Å². The molecular weight excluding hydrogens is 511 g/mol. The first-order valence-corrected chi connectivity index (χ1v) is 12.5. The Morgan fingerprint density at radius 3 is 2.58 bits per heavy atom. The molecule has 10 heteroatoms. The minimum atomic E-state index is -1.05. The van der Waals surface area contributed by atoms with Crippen molar-refractivity contribution >= 4 is 44.1 Å². The predicted octanol–water partition coefficient (Wildman–Crippen LogP) is 5.48. The van der Waals surface area contributed by atoms with E-state index in [1.54, 1.807) is 42.5 Å². The van der Waals surface area contributed by atoms with Crippen molar-refractivity contribution in [1.82, 2.24) is 4.98 Å². The number of ether oxygens (including phenoxy) is 3. The van der Waals surface area contributed by atoms with Gasteiger partial charge in [-0.25, -0.2) is 9.37 Å². The van der Waals surface area contributed by atoms with Gasteiger partial charge in [-0.05, 0) is 55.0 Å². The van der Waals surface area contributed by atoms with Crippen molar-refractivity contribution in [2.24, 2.45) is 0 Å². The second kappa shape index (κ2) is 10.1. The molecule has 1 atom stereocenters. The monoisotopic (exact) mass is 534 g/mol. The fraction of sp³-hybridized carbons (Fsp3) is 0.179. The van der Waals surface area contributed by atoms with Crippen molar-refractivity contribution in [2.45, 2.75) is 13.0 Å². The molecule has 0 saturated carbocycles. The van der Waals surface area contributed by atoms with Crippen LogP contribution in [0.5, 0.6) is 17.2 Å². The van der Waals surface area contributed by atoms with Crippen molar-refractivity contribution < 1.29 is 33.3 Å². The smallest absolute Gasteiger partial charge is 0.301 e. The lowest BCUT2D eigenvalue weighted by atomic mass is 9.95. The number of aliphatic hydroxyl groups is 1. The quantitative estimate of drug-likeness (QED) is 0.191. The maximum absolute atomic E-state index is 13.9. The number of nitrogens with zero attached hydrogens (tertiary/aromatic N) is 2. The van der Waals surface area contributed by atoms with Gasteiger partial charge in [0.05, 0.1) is 42.7 Å². The number of methoxy groups -OCH3 is 2. The van der Waals surface area contributed by atoms with E-state index >= 15 is 0 Å². The van der Waals surface area contributed by atoms with Crippen LogP contribution in [0.3, 0.4) is 0 Å². The molecule has 1 aromatic heterocycles. The van der Waals surface area contributed by atoms with Crippen molar-refractivity contribution in [3.8, 4) is 17.2 Å². The minimum Gasteiger partial charge on any atom is -0.507 e. The number of Topliss-reactive ketones (excluding diaryl/α,β-unsaturated/α-hetero) is 1. The van der Waals surface area contributed by atoms with Crippen molar-refractivity contribution in [3.63, 3.8) is 0 Å². The number of anilines is 1. The normalized spacial score (nSPS) is 16.7. The summed E-state index contributed by atoms with van der Waals surface area (Å²) < 4.78 is 30.7. The number of fused-ring (bicyclic) bond motifs is 1. The Morgan fingerprint density at radius 2 is 1.84 bits per heavy atom. The van der Waals surface area contributed by atoms with Crippen LogP contribution in [0.25, 0.3) is 16.0 Å². The third-order valence-electron chi connectivity index (χ3n) is 6.13. The second-order valence-corrected chi connectivity index (χ2v) is 9.36. The number of benzene rings is 3. The summed E-state index contributed by atoms with van der Waals surface area (Å²) in [5.74, 6) is -1.23. The van der Waals surface area contributed by atoms with Crippen LogP contribution in [-0.2, 0) is 9.59 Å². The molecule has 1 aliphatic rings. The summed E-state index contributed by atoms with van der Waals surface area (Å²) in [6.45, 7) is 2.25. The number of carbonyl (C=O) groups excluding carboxylic acids is 2. The van der Waals surface area contributed by atoms with Gasteiger partial charge in [-0.3, -0.25) is 14.5 Å². The van der Waals surface area contributed by atoms with Gasteiger partial charge in [-0.1, -0.05) is 29.5 Å².